The van der Waals surface area contributed by atoms with Gasteiger partial charge in [0.1, 0.15) is 5.75 Å². The van der Waals surface area contributed by atoms with Gasteiger partial charge in [-0.25, -0.2) is 4.98 Å². The summed E-state index contributed by atoms with van der Waals surface area (Å²) < 4.78 is 5.70. The Hall–Kier alpha value is -2.55. The van der Waals surface area contributed by atoms with Gasteiger partial charge in [0.2, 0.25) is 5.89 Å². The first-order valence-corrected chi connectivity index (χ1v) is 5.63. The quantitative estimate of drug-likeness (QED) is 0.739. The van der Waals surface area contributed by atoms with Crippen molar-refractivity contribution in [3.63, 3.8) is 0 Å². The van der Waals surface area contributed by atoms with E-state index in [0.29, 0.717) is 5.89 Å². The number of nitrogens with zero attached hydrogens (tertiary/aromatic N) is 1. The average Bonchev–Trinajstić information content (AvgIpc) is 2.90. The highest BCUT2D eigenvalue weighted by Gasteiger charge is 2.07. The minimum atomic E-state index is 0.230. The molecule has 0 atom stereocenters. The summed E-state index contributed by atoms with van der Waals surface area (Å²) in [5.74, 6) is 1.51. The molecule has 1 heterocycles. The maximum Gasteiger partial charge on any atom is 0.226 e. The number of aromatic nitrogens is 1. The molecule has 0 amide bonds. The van der Waals surface area contributed by atoms with E-state index in [0.717, 1.165) is 16.9 Å². The highest BCUT2D eigenvalue weighted by atomic mass is 16.4. The summed E-state index contributed by atoms with van der Waals surface area (Å²) in [7, 11) is 0. The van der Waals surface area contributed by atoms with Crippen LogP contribution in [0.1, 0.15) is 0 Å². The minimum Gasteiger partial charge on any atom is -0.508 e. The zero-order chi connectivity index (χ0) is 12.4. The molecule has 1 N–H and O–H groups in total. The second-order valence-electron chi connectivity index (χ2n) is 3.94. The molecule has 2 aromatic carbocycles. The first-order valence-electron chi connectivity index (χ1n) is 5.63. The number of phenols is 1. The zero-order valence-corrected chi connectivity index (χ0v) is 9.58. The van der Waals surface area contributed by atoms with Crippen LogP contribution >= 0.6 is 0 Å². The number of aromatic hydroxyl groups is 1. The Morgan fingerprint density at radius 2 is 1.56 bits per heavy atom. The lowest BCUT2D eigenvalue weighted by Gasteiger charge is -1.96. The zero-order valence-electron chi connectivity index (χ0n) is 9.58. The van der Waals surface area contributed by atoms with E-state index < -0.39 is 0 Å². The van der Waals surface area contributed by atoms with Crippen LogP contribution in [-0.4, -0.2) is 10.1 Å². The summed E-state index contributed by atoms with van der Waals surface area (Å²) in [6, 6.07) is 16.6. The first kappa shape index (κ1) is 10.6. The molecule has 0 bridgehead atoms. The molecule has 0 saturated carbocycles. The fourth-order valence-corrected chi connectivity index (χ4v) is 1.75. The minimum absolute atomic E-state index is 0.230. The fourth-order valence-electron chi connectivity index (χ4n) is 1.75. The van der Waals surface area contributed by atoms with Gasteiger partial charge in [-0.15, -0.1) is 0 Å². The van der Waals surface area contributed by atoms with E-state index >= 15 is 0 Å². The smallest absolute Gasteiger partial charge is 0.226 e. The van der Waals surface area contributed by atoms with Crippen molar-refractivity contribution >= 4 is 0 Å². The van der Waals surface area contributed by atoms with Crippen LogP contribution in [-0.2, 0) is 0 Å². The third-order valence-corrected chi connectivity index (χ3v) is 2.68. The number of hydrogen-bond acceptors (Lipinski definition) is 3. The van der Waals surface area contributed by atoms with Gasteiger partial charge in [0.25, 0.3) is 0 Å². The van der Waals surface area contributed by atoms with Gasteiger partial charge in [-0.05, 0) is 24.3 Å². The van der Waals surface area contributed by atoms with Crippen molar-refractivity contribution in [1.29, 1.82) is 0 Å². The molecule has 3 rings (SSSR count). The summed E-state index contributed by atoms with van der Waals surface area (Å²) in [4.78, 5) is 4.24. The Morgan fingerprint density at radius 1 is 0.833 bits per heavy atom. The van der Waals surface area contributed by atoms with E-state index in [1.54, 1.807) is 30.5 Å². The number of hydrogen-bond donors (Lipinski definition) is 1. The summed E-state index contributed by atoms with van der Waals surface area (Å²) in [5.41, 5.74) is 1.84. The third kappa shape index (κ3) is 1.98. The van der Waals surface area contributed by atoms with Crippen molar-refractivity contribution in [1.82, 2.24) is 4.98 Å². The molecule has 3 heteroatoms. The summed E-state index contributed by atoms with van der Waals surface area (Å²) in [6.07, 6.45) is 1.71. The summed E-state index contributed by atoms with van der Waals surface area (Å²) in [5, 5.41) is 9.24. The molecule has 0 saturated heterocycles. The Morgan fingerprint density at radius 3 is 2.28 bits per heavy atom. The van der Waals surface area contributed by atoms with Crippen LogP contribution in [0, 0.1) is 0 Å². The van der Waals surface area contributed by atoms with Gasteiger partial charge in [0, 0.05) is 11.1 Å². The van der Waals surface area contributed by atoms with Crippen LogP contribution in [0.15, 0.2) is 65.2 Å². The van der Waals surface area contributed by atoms with Crippen LogP contribution in [0.4, 0.5) is 0 Å². The van der Waals surface area contributed by atoms with Gasteiger partial charge < -0.3 is 9.52 Å². The summed E-state index contributed by atoms with van der Waals surface area (Å²) in [6.45, 7) is 0. The van der Waals surface area contributed by atoms with Crippen molar-refractivity contribution < 1.29 is 9.52 Å². The fraction of sp³-hybridized carbons (Fsp3) is 0. The molecule has 3 aromatic rings. The number of phenolic OH excluding ortho intramolecular Hbond substituents is 1. The van der Waals surface area contributed by atoms with Gasteiger partial charge >= 0.3 is 0 Å². The molecular weight excluding hydrogens is 226 g/mol. The standard InChI is InChI=1S/C15H11NO2/c17-13-8-6-12(7-9-13)15-16-10-14(18-15)11-4-2-1-3-5-11/h1-10,17H. The van der Waals surface area contributed by atoms with Gasteiger partial charge in [0.15, 0.2) is 5.76 Å². The van der Waals surface area contributed by atoms with Crippen molar-refractivity contribution in [3.05, 3.63) is 60.8 Å². The molecule has 0 radical (unpaired) electrons. The van der Waals surface area contributed by atoms with E-state index in [4.69, 9.17) is 4.42 Å². The van der Waals surface area contributed by atoms with Gasteiger partial charge in [-0.2, -0.15) is 0 Å². The predicted molar refractivity (Wildman–Crippen MR) is 69.0 cm³/mol. The molecule has 0 aliphatic carbocycles. The predicted octanol–water partition coefficient (Wildman–Crippen LogP) is 3.71. The first-order chi connectivity index (χ1) is 8.83. The molecule has 3 nitrogen and oxygen atoms in total. The molecule has 88 valence electrons. The van der Waals surface area contributed by atoms with E-state index in [-0.39, 0.29) is 5.75 Å². The number of rotatable bonds is 2. The molecular formula is C15H11NO2. The number of benzene rings is 2. The Bertz CT molecular complexity index is 642. The van der Waals surface area contributed by atoms with Crippen molar-refractivity contribution in [2.75, 3.05) is 0 Å². The normalized spacial score (nSPS) is 10.4. The topological polar surface area (TPSA) is 46.3 Å². The second kappa shape index (κ2) is 4.37. The van der Waals surface area contributed by atoms with E-state index in [2.05, 4.69) is 4.98 Å². The van der Waals surface area contributed by atoms with E-state index in [9.17, 15) is 5.11 Å². The van der Waals surface area contributed by atoms with E-state index in [1.165, 1.54) is 0 Å². The molecule has 0 aliphatic rings. The van der Waals surface area contributed by atoms with Crippen molar-refractivity contribution in [2.45, 2.75) is 0 Å². The lowest BCUT2D eigenvalue weighted by atomic mass is 10.2. The highest BCUT2D eigenvalue weighted by molar-refractivity contribution is 5.61. The van der Waals surface area contributed by atoms with Crippen LogP contribution in [0.3, 0.4) is 0 Å². The maximum atomic E-state index is 9.24. The molecule has 18 heavy (non-hydrogen) atoms. The van der Waals surface area contributed by atoms with Crippen LogP contribution in [0.25, 0.3) is 22.8 Å². The SMILES string of the molecule is Oc1ccc(-c2ncc(-c3ccccc3)o2)cc1. The van der Waals surface area contributed by atoms with Crippen molar-refractivity contribution in [2.24, 2.45) is 0 Å². The molecule has 1 aromatic heterocycles. The Labute approximate surface area is 104 Å². The second-order valence-corrected chi connectivity index (χ2v) is 3.94. The molecule has 0 unspecified atom stereocenters. The lowest BCUT2D eigenvalue weighted by molar-refractivity contribution is 0.475. The van der Waals surface area contributed by atoms with E-state index in [1.807, 2.05) is 30.3 Å². The number of oxazole rings is 1. The van der Waals surface area contributed by atoms with Gasteiger partial charge in [-0.1, -0.05) is 30.3 Å². The Balaban J connectivity index is 1.97. The lowest BCUT2D eigenvalue weighted by Crippen LogP contribution is -1.75. The molecule has 0 aliphatic heterocycles. The van der Waals surface area contributed by atoms with Crippen LogP contribution in [0.5, 0.6) is 5.75 Å². The molecule has 0 spiro atoms. The van der Waals surface area contributed by atoms with Crippen LogP contribution < -0.4 is 0 Å². The van der Waals surface area contributed by atoms with Crippen LogP contribution in [0.2, 0.25) is 0 Å². The highest BCUT2D eigenvalue weighted by Crippen LogP contribution is 2.26. The van der Waals surface area contributed by atoms with Crippen molar-refractivity contribution in [3.8, 4) is 28.5 Å². The summed E-state index contributed by atoms with van der Waals surface area (Å²) >= 11 is 0. The molecule has 0 fully saturated rings. The largest absolute Gasteiger partial charge is 0.508 e. The van der Waals surface area contributed by atoms with Gasteiger partial charge in [0.05, 0.1) is 6.20 Å². The maximum absolute atomic E-state index is 9.24. The Kier molecular flexibility index (Phi) is 2.57. The van der Waals surface area contributed by atoms with Gasteiger partial charge in [-0.3, -0.25) is 0 Å². The average molecular weight is 237 g/mol. The monoisotopic (exact) mass is 237 g/mol. The third-order valence-electron chi connectivity index (χ3n) is 2.68.